The lowest BCUT2D eigenvalue weighted by molar-refractivity contribution is 0.112. The van der Waals surface area contributed by atoms with Crippen molar-refractivity contribution in [1.29, 1.82) is 0 Å². The lowest BCUT2D eigenvalue weighted by Crippen LogP contribution is -2.08. The minimum atomic E-state index is -0.357. The second-order valence-electron chi connectivity index (χ2n) is 3.95. The molecule has 19 heavy (non-hydrogen) atoms. The van der Waals surface area contributed by atoms with Crippen molar-refractivity contribution in [2.45, 2.75) is 6.42 Å². The first-order valence-electron chi connectivity index (χ1n) is 5.60. The minimum Gasteiger partial charge on any atom is -0.411 e. The van der Waals surface area contributed by atoms with E-state index in [2.05, 4.69) is 10.1 Å². The van der Waals surface area contributed by atoms with Gasteiger partial charge in [0.2, 0.25) is 0 Å². The first kappa shape index (κ1) is 12.9. The lowest BCUT2D eigenvalue weighted by Gasteiger charge is -2.05. The monoisotopic (exact) mass is 258 g/mol. The predicted molar refractivity (Wildman–Crippen MR) is 68.1 cm³/mol. The highest BCUT2D eigenvalue weighted by Gasteiger charge is 2.09. The number of hydrogen-bond donors (Lipinski definition) is 1. The summed E-state index contributed by atoms with van der Waals surface area (Å²) in [6.07, 6.45) is 2.36. The zero-order chi connectivity index (χ0) is 13.7. The van der Waals surface area contributed by atoms with E-state index in [-0.39, 0.29) is 17.9 Å². The van der Waals surface area contributed by atoms with Gasteiger partial charge in [-0.2, -0.15) is 0 Å². The van der Waals surface area contributed by atoms with Crippen LogP contribution in [0.5, 0.6) is 0 Å². The maximum absolute atomic E-state index is 13.1. The van der Waals surface area contributed by atoms with Crippen molar-refractivity contribution in [3.63, 3.8) is 0 Å². The van der Waals surface area contributed by atoms with Gasteiger partial charge in [-0.1, -0.05) is 17.3 Å². The Hall–Kier alpha value is -2.56. The standard InChI is InChI=1S/C14H11FN2O2/c15-12-3-1-2-10(6-12)7-14(17-19)13-8-11(9-18)4-5-16-13/h1-6,8-9,19H,7H2/b17-14+. The van der Waals surface area contributed by atoms with Gasteiger partial charge in [-0.25, -0.2) is 4.39 Å². The molecule has 1 aromatic carbocycles. The Bertz CT molecular complexity index is 626. The zero-order valence-corrected chi connectivity index (χ0v) is 9.95. The Balaban J connectivity index is 2.28. The molecule has 0 aliphatic heterocycles. The molecule has 0 fully saturated rings. The molecule has 4 nitrogen and oxygen atoms in total. The van der Waals surface area contributed by atoms with Gasteiger partial charge in [0.1, 0.15) is 17.8 Å². The van der Waals surface area contributed by atoms with Gasteiger partial charge in [-0.15, -0.1) is 0 Å². The summed E-state index contributed by atoms with van der Waals surface area (Å²) in [5.74, 6) is -0.357. The molecule has 0 saturated heterocycles. The van der Waals surface area contributed by atoms with E-state index in [1.54, 1.807) is 18.2 Å². The Labute approximate surface area is 109 Å². The van der Waals surface area contributed by atoms with Crippen molar-refractivity contribution in [3.8, 4) is 0 Å². The fourth-order valence-electron chi connectivity index (χ4n) is 1.70. The van der Waals surface area contributed by atoms with Crippen LogP contribution in [0.4, 0.5) is 4.39 Å². The summed E-state index contributed by atoms with van der Waals surface area (Å²) < 4.78 is 13.1. The van der Waals surface area contributed by atoms with Crippen molar-refractivity contribution < 1.29 is 14.4 Å². The number of aromatic nitrogens is 1. The third kappa shape index (κ3) is 3.22. The number of rotatable bonds is 4. The number of aldehydes is 1. The first-order chi connectivity index (χ1) is 9.22. The van der Waals surface area contributed by atoms with Crippen LogP contribution in [0, 0.1) is 5.82 Å². The molecule has 96 valence electrons. The summed E-state index contributed by atoms with van der Waals surface area (Å²) in [4.78, 5) is 14.7. The zero-order valence-electron chi connectivity index (χ0n) is 9.95. The van der Waals surface area contributed by atoms with Crippen LogP contribution >= 0.6 is 0 Å². The van der Waals surface area contributed by atoms with Crippen molar-refractivity contribution in [3.05, 3.63) is 65.2 Å². The van der Waals surface area contributed by atoms with E-state index in [0.717, 1.165) is 0 Å². The van der Waals surface area contributed by atoms with E-state index in [0.29, 0.717) is 23.1 Å². The Morgan fingerprint density at radius 3 is 2.89 bits per heavy atom. The summed E-state index contributed by atoms with van der Waals surface area (Å²) in [5, 5.41) is 12.2. The molecule has 0 aliphatic rings. The van der Waals surface area contributed by atoms with Gasteiger partial charge in [0.15, 0.2) is 0 Å². The van der Waals surface area contributed by atoms with Gasteiger partial charge in [-0.05, 0) is 29.8 Å². The van der Waals surface area contributed by atoms with E-state index < -0.39 is 0 Å². The highest BCUT2D eigenvalue weighted by Crippen LogP contribution is 2.09. The average molecular weight is 258 g/mol. The molecule has 0 aliphatic carbocycles. The molecule has 0 bridgehead atoms. The van der Waals surface area contributed by atoms with E-state index in [9.17, 15) is 9.18 Å². The number of carbonyl (C=O) groups is 1. The Morgan fingerprint density at radius 1 is 1.37 bits per heavy atom. The lowest BCUT2D eigenvalue weighted by atomic mass is 10.0. The second-order valence-corrected chi connectivity index (χ2v) is 3.95. The molecule has 0 amide bonds. The molecule has 1 N–H and O–H groups in total. The van der Waals surface area contributed by atoms with Crippen LogP contribution in [0.25, 0.3) is 0 Å². The summed E-state index contributed by atoms with van der Waals surface area (Å²) in [6.45, 7) is 0. The fraction of sp³-hybridized carbons (Fsp3) is 0.0714. The van der Waals surface area contributed by atoms with Crippen molar-refractivity contribution >= 4 is 12.0 Å². The molecule has 1 heterocycles. The van der Waals surface area contributed by atoms with Crippen LogP contribution in [0.1, 0.15) is 21.6 Å². The molecular formula is C14H11FN2O2. The van der Waals surface area contributed by atoms with Crippen LogP contribution in [0.15, 0.2) is 47.8 Å². The van der Waals surface area contributed by atoms with Crippen LogP contribution < -0.4 is 0 Å². The van der Waals surface area contributed by atoms with Crippen LogP contribution in [-0.2, 0) is 6.42 Å². The number of carbonyl (C=O) groups excluding carboxylic acids is 1. The number of halogens is 1. The molecule has 0 atom stereocenters. The van der Waals surface area contributed by atoms with Crippen LogP contribution in [0.2, 0.25) is 0 Å². The van der Waals surface area contributed by atoms with E-state index >= 15 is 0 Å². The van der Waals surface area contributed by atoms with Gasteiger partial charge in [0, 0.05) is 18.2 Å². The van der Waals surface area contributed by atoms with Crippen molar-refractivity contribution in [2.75, 3.05) is 0 Å². The minimum absolute atomic E-state index is 0.226. The third-order valence-corrected chi connectivity index (χ3v) is 2.60. The average Bonchev–Trinajstić information content (AvgIpc) is 2.45. The van der Waals surface area contributed by atoms with Crippen molar-refractivity contribution in [2.24, 2.45) is 5.16 Å². The molecule has 2 aromatic rings. The molecule has 2 rings (SSSR count). The quantitative estimate of drug-likeness (QED) is 0.396. The molecule has 1 aromatic heterocycles. The van der Waals surface area contributed by atoms with E-state index in [1.165, 1.54) is 24.4 Å². The SMILES string of the molecule is O=Cc1ccnc(/C(Cc2cccc(F)c2)=N/O)c1. The summed E-state index contributed by atoms with van der Waals surface area (Å²) in [6, 6.07) is 9.06. The van der Waals surface area contributed by atoms with Gasteiger partial charge in [-0.3, -0.25) is 9.78 Å². The molecule has 0 radical (unpaired) electrons. The number of pyridine rings is 1. The topological polar surface area (TPSA) is 62.5 Å². The number of hydrogen-bond acceptors (Lipinski definition) is 4. The highest BCUT2D eigenvalue weighted by atomic mass is 19.1. The summed E-state index contributed by atoms with van der Waals surface area (Å²) in [7, 11) is 0. The molecule has 0 saturated carbocycles. The van der Waals surface area contributed by atoms with Crippen LogP contribution in [-0.4, -0.2) is 22.2 Å². The summed E-state index contributed by atoms with van der Waals surface area (Å²) >= 11 is 0. The predicted octanol–water partition coefficient (Wildman–Crippen LogP) is 2.45. The maximum Gasteiger partial charge on any atom is 0.150 e. The highest BCUT2D eigenvalue weighted by molar-refractivity contribution is 6.00. The van der Waals surface area contributed by atoms with Crippen LogP contribution in [0.3, 0.4) is 0 Å². The van der Waals surface area contributed by atoms with Gasteiger partial charge >= 0.3 is 0 Å². The number of benzene rings is 1. The maximum atomic E-state index is 13.1. The molecule has 5 heteroatoms. The third-order valence-electron chi connectivity index (χ3n) is 2.60. The number of oxime groups is 1. The van der Waals surface area contributed by atoms with Crippen molar-refractivity contribution in [1.82, 2.24) is 4.98 Å². The smallest absolute Gasteiger partial charge is 0.150 e. The number of nitrogens with zero attached hydrogens (tertiary/aromatic N) is 2. The Kier molecular flexibility index (Phi) is 3.97. The second kappa shape index (κ2) is 5.86. The normalized spacial score (nSPS) is 11.3. The Morgan fingerprint density at radius 2 is 2.21 bits per heavy atom. The fourth-order valence-corrected chi connectivity index (χ4v) is 1.70. The van der Waals surface area contributed by atoms with E-state index in [1.807, 2.05) is 0 Å². The largest absolute Gasteiger partial charge is 0.411 e. The first-order valence-corrected chi connectivity index (χ1v) is 5.60. The van der Waals surface area contributed by atoms with E-state index in [4.69, 9.17) is 5.21 Å². The summed E-state index contributed by atoms with van der Waals surface area (Å²) in [5.41, 5.74) is 1.75. The molecule has 0 spiro atoms. The molecule has 0 unspecified atom stereocenters. The van der Waals surface area contributed by atoms with Gasteiger partial charge < -0.3 is 5.21 Å². The molecular weight excluding hydrogens is 247 g/mol. The van der Waals surface area contributed by atoms with Gasteiger partial charge in [0.25, 0.3) is 0 Å². The van der Waals surface area contributed by atoms with Gasteiger partial charge in [0.05, 0.1) is 5.69 Å².